The third-order valence-corrected chi connectivity index (χ3v) is 4.91. The van der Waals surface area contributed by atoms with Crippen LogP contribution in [0.3, 0.4) is 0 Å². The fraction of sp³-hybridized carbons (Fsp3) is 0.263. The zero-order valence-corrected chi connectivity index (χ0v) is 13.9. The summed E-state index contributed by atoms with van der Waals surface area (Å²) in [6.07, 6.45) is 5.68. The van der Waals surface area contributed by atoms with Gasteiger partial charge in [-0.15, -0.1) is 0 Å². The van der Waals surface area contributed by atoms with E-state index in [2.05, 4.69) is 10.3 Å². The van der Waals surface area contributed by atoms with Crippen molar-refractivity contribution in [2.24, 2.45) is 4.99 Å². The highest BCUT2D eigenvalue weighted by Gasteiger charge is 2.33. The molecule has 1 aliphatic heterocycles. The average molecular weight is 340 g/mol. The van der Waals surface area contributed by atoms with Crippen molar-refractivity contribution in [2.45, 2.75) is 31.4 Å². The average Bonchev–Trinajstić information content (AvgIpc) is 2.62. The van der Waals surface area contributed by atoms with Gasteiger partial charge in [-0.3, -0.25) is 9.98 Å². The molecule has 122 valence electrons. The molecule has 5 heteroatoms. The van der Waals surface area contributed by atoms with Crippen molar-refractivity contribution in [3.8, 4) is 0 Å². The Balaban J connectivity index is 1.84. The van der Waals surface area contributed by atoms with Crippen LogP contribution in [0.1, 0.15) is 36.4 Å². The third-order valence-electron chi connectivity index (χ3n) is 4.57. The maximum atomic E-state index is 10.6. The van der Waals surface area contributed by atoms with Crippen LogP contribution in [0, 0.1) is 0 Å². The van der Waals surface area contributed by atoms with Crippen LogP contribution >= 0.6 is 11.6 Å². The van der Waals surface area contributed by atoms with Gasteiger partial charge in [-0.2, -0.15) is 0 Å². The Labute approximate surface area is 145 Å². The molecule has 1 aromatic heterocycles. The minimum atomic E-state index is -0.485. The lowest BCUT2D eigenvalue weighted by atomic mass is 9.84. The molecule has 2 aromatic rings. The van der Waals surface area contributed by atoms with E-state index in [1.807, 2.05) is 36.4 Å². The summed E-state index contributed by atoms with van der Waals surface area (Å²) < 4.78 is 0. The van der Waals surface area contributed by atoms with Gasteiger partial charge in [0.2, 0.25) is 0 Å². The number of hydrogen-bond donors (Lipinski definition) is 2. The Morgan fingerprint density at radius 3 is 2.83 bits per heavy atom. The number of nitrogens with one attached hydrogen (secondary N) is 1. The lowest BCUT2D eigenvalue weighted by Crippen LogP contribution is -2.36. The van der Waals surface area contributed by atoms with Crippen LogP contribution in [-0.2, 0) is 0 Å². The van der Waals surface area contributed by atoms with E-state index < -0.39 is 6.10 Å². The van der Waals surface area contributed by atoms with Crippen LogP contribution in [0.2, 0.25) is 5.02 Å². The zero-order chi connectivity index (χ0) is 16.5. The normalized spacial score (nSPS) is 23.3. The Morgan fingerprint density at radius 2 is 2.04 bits per heavy atom. The lowest BCUT2D eigenvalue weighted by molar-refractivity contribution is 0.179. The second-order valence-electron chi connectivity index (χ2n) is 6.11. The number of aromatic nitrogens is 1. The van der Waals surface area contributed by atoms with Crippen molar-refractivity contribution in [2.75, 3.05) is 0 Å². The van der Waals surface area contributed by atoms with Crippen molar-refractivity contribution in [1.82, 2.24) is 10.3 Å². The fourth-order valence-corrected chi connectivity index (χ4v) is 3.65. The second-order valence-corrected chi connectivity index (χ2v) is 6.52. The summed E-state index contributed by atoms with van der Waals surface area (Å²) in [6.45, 7) is 0. The Morgan fingerprint density at radius 1 is 1.17 bits per heavy atom. The van der Waals surface area contributed by atoms with Gasteiger partial charge in [0.15, 0.2) is 0 Å². The summed E-state index contributed by atoms with van der Waals surface area (Å²) in [5.41, 5.74) is 3.87. The largest absolute Gasteiger partial charge is 0.389 e. The maximum absolute atomic E-state index is 10.6. The molecule has 0 amide bonds. The van der Waals surface area contributed by atoms with Crippen molar-refractivity contribution >= 4 is 17.4 Å². The van der Waals surface area contributed by atoms with Gasteiger partial charge >= 0.3 is 0 Å². The van der Waals surface area contributed by atoms with Crippen LogP contribution in [-0.4, -0.2) is 22.0 Å². The SMILES string of the molecule is OC1CCCC2=C1C(c1ccccc1Cl)N=C(c1cccnc1)N2. The Hall–Kier alpha value is -2.17. The van der Waals surface area contributed by atoms with Gasteiger partial charge in [0.25, 0.3) is 0 Å². The molecule has 2 N–H and O–H groups in total. The summed E-state index contributed by atoms with van der Waals surface area (Å²) in [4.78, 5) is 9.06. The van der Waals surface area contributed by atoms with E-state index in [0.717, 1.165) is 47.5 Å². The molecule has 0 saturated carbocycles. The molecule has 2 atom stereocenters. The first-order chi connectivity index (χ1) is 11.7. The number of allylic oxidation sites excluding steroid dienone is 1. The Kier molecular flexibility index (Phi) is 4.08. The fourth-order valence-electron chi connectivity index (χ4n) is 3.41. The number of amidine groups is 1. The molecular formula is C19H18ClN3O. The van der Waals surface area contributed by atoms with Crippen LogP contribution in [0.15, 0.2) is 65.1 Å². The lowest BCUT2D eigenvalue weighted by Gasteiger charge is -2.34. The van der Waals surface area contributed by atoms with E-state index >= 15 is 0 Å². The molecule has 0 bridgehead atoms. The summed E-state index contributed by atoms with van der Waals surface area (Å²) in [5.74, 6) is 0.779. The molecule has 4 nitrogen and oxygen atoms in total. The monoisotopic (exact) mass is 339 g/mol. The number of aliphatic imine (C=N–C) groups is 1. The number of halogens is 1. The van der Waals surface area contributed by atoms with Crippen LogP contribution in [0.25, 0.3) is 0 Å². The van der Waals surface area contributed by atoms with Crippen LogP contribution in [0.4, 0.5) is 0 Å². The van der Waals surface area contributed by atoms with Gasteiger partial charge in [-0.1, -0.05) is 29.8 Å². The predicted molar refractivity (Wildman–Crippen MR) is 95.0 cm³/mol. The third kappa shape index (κ3) is 2.72. The summed E-state index contributed by atoms with van der Waals surface area (Å²) in [7, 11) is 0. The van der Waals surface area contributed by atoms with Gasteiger partial charge in [0.1, 0.15) is 11.9 Å². The van der Waals surface area contributed by atoms with Crippen molar-refractivity contribution < 1.29 is 5.11 Å². The number of benzene rings is 1. The molecule has 1 aromatic carbocycles. The highest BCUT2D eigenvalue weighted by atomic mass is 35.5. The van der Waals surface area contributed by atoms with E-state index in [0.29, 0.717) is 5.02 Å². The van der Waals surface area contributed by atoms with Crippen LogP contribution in [0.5, 0.6) is 0 Å². The molecule has 2 heterocycles. The molecule has 0 saturated heterocycles. The van der Waals surface area contributed by atoms with E-state index in [1.54, 1.807) is 12.4 Å². The molecule has 2 unspecified atom stereocenters. The summed E-state index contributed by atoms with van der Waals surface area (Å²) >= 11 is 6.42. The molecule has 0 spiro atoms. The number of pyridine rings is 1. The number of nitrogens with zero attached hydrogens (tertiary/aromatic N) is 2. The molecular weight excluding hydrogens is 322 g/mol. The number of rotatable bonds is 2. The predicted octanol–water partition coefficient (Wildman–Crippen LogP) is 3.63. The van der Waals surface area contributed by atoms with Crippen molar-refractivity contribution in [1.29, 1.82) is 0 Å². The van der Waals surface area contributed by atoms with Gasteiger partial charge in [0.05, 0.1) is 6.10 Å². The van der Waals surface area contributed by atoms with E-state index in [4.69, 9.17) is 16.6 Å². The van der Waals surface area contributed by atoms with Gasteiger partial charge in [-0.05, 0) is 43.0 Å². The van der Waals surface area contributed by atoms with E-state index in [9.17, 15) is 5.11 Å². The number of aliphatic hydroxyl groups excluding tert-OH is 1. The quantitative estimate of drug-likeness (QED) is 0.878. The van der Waals surface area contributed by atoms with Crippen molar-refractivity contribution in [3.05, 3.63) is 76.2 Å². The molecule has 0 radical (unpaired) electrons. The molecule has 1 aliphatic carbocycles. The highest BCUT2D eigenvalue weighted by Crippen LogP contribution is 2.40. The van der Waals surface area contributed by atoms with Gasteiger partial charge in [0, 0.05) is 34.2 Å². The van der Waals surface area contributed by atoms with Crippen LogP contribution < -0.4 is 5.32 Å². The first kappa shape index (κ1) is 15.4. The molecule has 0 fully saturated rings. The maximum Gasteiger partial charge on any atom is 0.135 e. The minimum absolute atomic E-state index is 0.263. The smallest absolute Gasteiger partial charge is 0.135 e. The Bertz CT molecular complexity index is 816. The van der Waals surface area contributed by atoms with Crippen molar-refractivity contribution in [3.63, 3.8) is 0 Å². The molecule has 4 rings (SSSR count). The minimum Gasteiger partial charge on any atom is -0.389 e. The zero-order valence-electron chi connectivity index (χ0n) is 13.1. The first-order valence-corrected chi connectivity index (χ1v) is 8.52. The molecule has 24 heavy (non-hydrogen) atoms. The first-order valence-electron chi connectivity index (χ1n) is 8.14. The van der Waals surface area contributed by atoms with Gasteiger partial charge in [-0.25, -0.2) is 0 Å². The standard InChI is InChI=1S/C19H18ClN3O/c20-14-7-2-1-6-13(14)18-17-15(8-3-9-16(17)24)22-19(23-18)12-5-4-10-21-11-12/h1-2,4-7,10-11,16,18,24H,3,8-9H2,(H,22,23). The number of hydrogen-bond acceptors (Lipinski definition) is 4. The summed E-state index contributed by atoms with van der Waals surface area (Å²) in [6, 6.07) is 11.3. The van der Waals surface area contributed by atoms with E-state index in [1.165, 1.54) is 0 Å². The topological polar surface area (TPSA) is 57.5 Å². The van der Waals surface area contributed by atoms with E-state index in [-0.39, 0.29) is 6.04 Å². The highest BCUT2D eigenvalue weighted by molar-refractivity contribution is 6.31. The van der Waals surface area contributed by atoms with Gasteiger partial charge < -0.3 is 10.4 Å². The molecule has 2 aliphatic rings. The second kappa shape index (κ2) is 6.38. The number of aliphatic hydroxyl groups is 1. The summed E-state index contributed by atoms with van der Waals surface area (Å²) in [5, 5.41) is 14.6.